The van der Waals surface area contributed by atoms with Gasteiger partial charge in [-0.1, -0.05) is 29.3 Å². The highest BCUT2D eigenvalue weighted by molar-refractivity contribution is 6.36. The minimum absolute atomic E-state index is 0.295. The van der Waals surface area contributed by atoms with Gasteiger partial charge < -0.3 is 5.32 Å². The number of pyridine rings is 1. The monoisotopic (exact) mass is 337 g/mol. The van der Waals surface area contributed by atoms with E-state index in [2.05, 4.69) is 10.3 Å². The van der Waals surface area contributed by atoms with E-state index in [9.17, 15) is 9.18 Å². The predicted molar refractivity (Wildman–Crippen MR) is 84.3 cm³/mol. The highest BCUT2D eigenvalue weighted by Crippen LogP contribution is 2.24. The van der Waals surface area contributed by atoms with Crippen LogP contribution < -0.4 is 5.32 Å². The molecule has 7 heteroatoms. The summed E-state index contributed by atoms with van der Waals surface area (Å²) in [4.78, 5) is 16.7. The maximum absolute atomic E-state index is 13.2. The summed E-state index contributed by atoms with van der Waals surface area (Å²) < 4.78 is 14.7. The summed E-state index contributed by atoms with van der Waals surface area (Å²) >= 11 is 12.1. The van der Waals surface area contributed by atoms with Crippen LogP contribution in [0.1, 0.15) is 16.2 Å². The minimum atomic E-state index is -0.432. The van der Waals surface area contributed by atoms with Crippen LogP contribution in [0, 0.1) is 12.7 Å². The van der Waals surface area contributed by atoms with Gasteiger partial charge in [-0.25, -0.2) is 9.37 Å². The molecule has 0 atom stereocenters. The van der Waals surface area contributed by atoms with Gasteiger partial charge in [-0.3, -0.25) is 9.20 Å². The zero-order valence-electron chi connectivity index (χ0n) is 11.4. The number of aromatic nitrogens is 2. The van der Waals surface area contributed by atoms with Gasteiger partial charge in [-0.2, -0.15) is 0 Å². The van der Waals surface area contributed by atoms with Crippen molar-refractivity contribution in [1.82, 2.24) is 9.38 Å². The van der Waals surface area contributed by atoms with Gasteiger partial charge in [-0.05, 0) is 31.2 Å². The van der Waals surface area contributed by atoms with Crippen molar-refractivity contribution in [2.24, 2.45) is 0 Å². The summed E-state index contributed by atoms with van der Waals surface area (Å²) in [5.41, 5.74) is 1.59. The highest BCUT2D eigenvalue weighted by atomic mass is 35.5. The van der Waals surface area contributed by atoms with Gasteiger partial charge in [0.1, 0.15) is 11.5 Å². The number of carbonyl (C=O) groups excluding carboxylic acids is 1. The number of hydrogen-bond acceptors (Lipinski definition) is 2. The third-order valence-corrected chi connectivity index (χ3v) is 3.60. The number of imidazole rings is 1. The fourth-order valence-electron chi connectivity index (χ4n) is 2.22. The minimum Gasteiger partial charge on any atom is -0.321 e. The normalized spacial score (nSPS) is 10.9. The number of aryl methyl sites for hydroxylation is 1. The van der Waals surface area contributed by atoms with Crippen LogP contribution in [0.3, 0.4) is 0 Å². The molecule has 1 N–H and O–H groups in total. The van der Waals surface area contributed by atoms with E-state index in [1.807, 2.05) is 0 Å². The van der Waals surface area contributed by atoms with Gasteiger partial charge in [0.15, 0.2) is 5.65 Å². The van der Waals surface area contributed by atoms with Crippen molar-refractivity contribution < 1.29 is 9.18 Å². The Labute approximate surface area is 135 Å². The molecule has 0 aliphatic heterocycles. The maximum Gasteiger partial charge on any atom is 0.274 e. The molecule has 2 aromatic heterocycles. The topological polar surface area (TPSA) is 46.4 Å². The van der Waals surface area contributed by atoms with Gasteiger partial charge in [-0.15, -0.1) is 0 Å². The van der Waals surface area contributed by atoms with E-state index in [0.717, 1.165) is 0 Å². The first-order chi connectivity index (χ1) is 10.5. The fourth-order valence-corrected chi connectivity index (χ4v) is 2.73. The smallest absolute Gasteiger partial charge is 0.274 e. The molecule has 3 rings (SSSR count). The lowest BCUT2D eigenvalue weighted by atomic mass is 10.2. The number of nitrogens with one attached hydrogen (secondary N) is 1. The second-order valence-electron chi connectivity index (χ2n) is 4.71. The third-order valence-electron chi connectivity index (χ3n) is 3.11. The second-order valence-corrected chi connectivity index (χ2v) is 5.55. The lowest BCUT2D eigenvalue weighted by Crippen LogP contribution is -2.15. The Hall–Kier alpha value is -2.11. The Balaban J connectivity index is 2.06. The van der Waals surface area contributed by atoms with Crippen molar-refractivity contribution in [2.45, 2.75) is 6.92 Å². The number of rotatable bonds is 2. The lowest BCUT2D eigenvalue weighted by molar-refractivity contribution is 0.102. The molecule has 0 saturated carbocycles. The first-order valence-electron chi connectivity index (χ1n) is 6.36. The van der Waals surface area contributed by atoms with Gasteiger partial charge in [0, 0.05) is 11.9 Å². The second kappa shape index (κ2) is 5.59. The summed E-state index contributed by atoms with van der Waals surface area (Å²) in [7, 11) is 0. The van der Waals surface area contributed by atoms with E-state index >= 15 is 0 Å². The number of nitrogens with zero attached hydrogens (tertiary/aromatic N) is 2. The van der Waals surface area contributed by atoms with Crippen LogP contribution in [0.5, 0.6) is 0 Å². The van der Waals surface area contributed by atoms with E-state index in [0.29, 0.717) is 32.8 Å². The number of carbonyl (C=O) groups is 1. The number of fused-ring (bicyclic) bond motifs is 1. The molecule has 0 fully saturated rings. The largest absolute Gasteiger partial charge is 0.321 e. The summed E-state index contributed by atoms with van der Waals surface area (Å²) in [5.74, 6) is -0.854. The Morgan fingerprint density at radius 2 is 2.09 bits per heavy atom. The molecular formula is C15H10Cl2FN3O. The molecule has 0 spiro atoms. The number of hydrogen-bond donors (Lipinski definition) is 1. The number of anilines is 1. The Morgan fingerprint density at radius 3 is 2.82 bits per heavy atom. The molecule has 0 saturated heterocycles. The highest BCUT2D eigenvalue weighted by Gasteiger charge is 2.19. The quantitative estimate of drug-likeness (QED) is 0.755. The summed E-state index contributed by atoms with van der Waals surface area (Å²) in [5, 5.41) is 3.36. The van der Waals surface area contributed by atoms with Crippen LogP contribution in [0.25, 0.3) is 5.65 Å². The van der Waals surface area contributed by atoms with Crippen LogP contribution >= 0.6 is 23.2 Å². The number of halogens is 3. The first kappa shape index (κ1) is 14.8. The molecule has 112 valence electrons. The third kappa shape index (κ3) is 2.65. The molecule has 4 nitrogen and oxygen atoms in total. The van der Waals surface area contributed by atoms with Crippen molar-refractivity contribution in [3.8, 4) is 0 Å². The molecule has 0 aliphatic carbocycles. The van der Waals surface area contributed by atoms with Gasteiger partial charge in [0.05, 0.1) is 15.7 Å². The van der Waals surface area contributed by atoms with Crippen molar-refractivity contribution in [3.05, 3.63) is 63.8 Å². The van der Waals surface area contributed by atoms with Crippen molar-refractivity contribution in [3.63, 3.8) is 0 Å². The Kier molecular flexibility index (Phi) is 3.76. The Bertz CT molecular complexity index is 892. The van der Waals surface area contributed by atoms with Crippen LogP contribution in [0.15, 0.2) is 36.5 Å². The lowest BCUT2D eigenvalue weighted by Gasteiger charge is -2.06. The molecule has 0 bridgehead atoms. The van der Waals surface area contributed by atoms with Crippen molar-refractivity contribution in [2.75, 3.05) is 5.32 Å². The fraction of sp³-hybridized carbons (Fsp3) is 0.0667. The van der Waals surface area contributed by atoms with Crippen LogP contribution in [0.2, 0.25) is 10.0 Å². The molecule has 0 unspecified atom stereocenters. The predicted octanol–water partition coefficient (Wildman–Crippen LogP) is 4.34. The maximum atomic E-state index is 13.2. The van der Waals surface area contributed by atoms with Gasteiger partial charge >= 0.3 is 0 Å². The summed E-state index contributed by atoms with van der Waals surface area (Å²) in [6.45, 7) is 1.69. The molecular weight excluding hydrogens is 328 g/mol. The molecule has 0 radical (unpaired) electrons. The van der Waals surface area contributed by atoms with E-state index in [-0.39, 0.29) is 0 Å². The zero-order chi connectivity index (χ0) is 15.9. The average Bonchev–Trinajstić information content (AvgIpc) is 2.75. The summed E-state index contributed by atoms with van der Waals surface area (Å²) in [6, 6.07) is 7.20. The Morgan fingerprint density at radius 1 is 1.32 bits per heavy atom. The van der Waals surface area contributed by atoms with E-state index in [1.54, 1.807) is 25.3 Å². The average molecular weight is 338 g/mol. The standard InChI is InChI=1S/C15H10Cl2FN3O/c1-8-13(15(22)20-11-4-2-3-10(18)6-11)21-7-9(16)5-12(17)14(21)19-8/h2-7H,1H3,(H,20,22). The first-order valence-corrected chi connectivity index (χ1v) is 7.12. The van der Waals surface area contributed by atoms with Crippen LogP contribution in [0.4, 0.5) is 10.1 Å². The van der Waals surface area contributed by atoms with Gasteiger partial charge in [0.25, 0.3) is 5.91 Å². The van der Waals surface area contributed by atoms with Crippen molar-refractivity contribution >= 4 is 40.4 Å². The van der Waals surface area contributed by atoms with Crippen LogP contribution in [-0.2, 0) is 0 Å². The SMILES string of the molecule is Cc1nc2c(Cl)cc(Cl)cn2c1C(=O)Nc1cccc(F)c1. The van der Waals surface area contributed by atoms with E-state index < -0.39 is 11.7 Å². The van der Waals surface area contributed by atoms with E-state index in [1.165, 1.54) is 22.6 Å². The molecule has 1 amide bonds. The molecule has 0 aliphatic rings. The molecule has 22 heavy (non-hydrogen) atoms. The van der Waals surface area contributed by atoms with Crippen molar-refractivity contribution in [1.29, 1.82) is 0 Å². The van der Waals surface area contributed by atoms with E-state index in [4.69, 9.17) is 23.2 Å². The molecule has 3 aromatic rings. The summed E-state index contributed by atoms with van der Waals surface area (Å²) in [6.07, 6.45) is 1.56. The molecule has 2 heterocycles. The number of amides is 1. The van der Waals surface area contributed by atoms with Crippen LogP contribution in [-0.4, -0.2) is 15.3 Å². The molecule has 1 aromatic carbocycles. The van der Waals surface area contributed by atoms with Gasteiger partial charge in [0.2, 0.25) is 0 Å². The zero-order valence-corrected chi connectivity index (χ0v) is 12.9. The number of benzene rings is 1.